The van der Waals surface area contributed by atoms with Crippen molar-refractivity contribution in [2.75, 3.05) is 0 Å². The zero-order chi connectivity index (χ0) is 41.5. The van der Waals surface area contributed by atoms with Gasteiger partial charge in [0.2, 0.25) is 0 Å². The van der Waals surface area contributed by atoms with Gasteiger partial charge in [-0.2, -0.15) is 0 Å². The minimum absolute atomic E-state index is 0.208. The van der Waals surface area contributed by atoms with Gasteiger partial charge >= 0.3 is 0 Å². The lowest BCUT2D eigenvalue weighted by Crippen LogP contribution is -2.17. The van der Waals surface area contributed by atoms with Gasteiger partial charge < -0.3 is 8.80 Å². The van der Waals surface area contributed by atoms with Crippen LogP contribution in [-0.2, 0) is 10.8 Å². The van der Waals surface area contributed by atoms with Crippen LogP contribution in [0.4, 0.5) is 0 Å². The molecule has 0 unspecified atom stereocenters. The molecule has 0 atom stereocenters. The van der Waals surface area contributed by atoms with Gasteiger partial charge in [-0.3, -0.25) is 0 Å². The molecular weight excluding hydrogens is 753 g/mol. The van der Waals surface area contributed by atoms with Gasteiger partial charge in [-0.25, -0.2) is 9.97 Å². The van der Waals surface area contributed by atoms with E-state index >= 15 is 0 Å². The fraction of sp³-hybridized carbons (Fsp3) is 0.103. The Bertz CT molecular complexity index is 3360. The maximum atomic E-state index is 4.89. The third-order valence-corrected chi connectivity index (χ3v) is 14.2. The standard InChI is InChI=1S/C58H42N4/c1-57(2)47-31-46-48(32-45(47)55-41-15-7-5-13-39(41)43(29-49(55)57)35-19-23-37(24-20-35)51-33-61-27-11-9-17-53(61)59-51)58(3,4)50-30-44(40-14-6-8-16-42(40)56(46)50)36-21-25-38(26-22-36)52-34-62-28-12-10-18-54(62)60-52/h5-34H,1-4H3. The lowest BCUT2D eigenvalue weighted by atomic mass is 9.78. The highest BCUT2D eigenvalue weighted by Crippen LogP contribution is 2.59. The first kappa shape index (κ1) is 35.2. The quantitative estimate of drug-likeness (QED) is 0.178. The van der Waals surface area contributed by atoms with E-state index in [0.29, 0.717) is 0 Å². The average molecular weight is 795 g/mol. The molecule has 4 heterocycles. The molecule has 11 aromatic rings. The Balaban J connectivity index is 0.930. The van der Waals surface area contributed by atoms with E-state index < -0.39 is 0 Å². The molecule has 0 saturated carbocycles. The highest BCUT2D eigenvalue weighted by atomic mass is 15.0. The maximum Gasteiger partial charge on any atom is 0.137 e. The number of nitrogens with zero attached hydrogens (tertiary/aromatic N) is 4. The first-order chi connectivity index (χ1) is 30.2. The molecule has 2 aliphatic carbocycles. The number of benzene rings is 7. The van der Waals surface area contributed by atoms with Crippen molar-refractivity contribution in [2.45, 2.75) is 38.5 Å². The van der Waals surface area contributed by atoms with Crippen LogP contribution in [0.3, 0.4) is 0 Å². The van der Waals surface area contributed by atoms with Crippen LogP contribution in [0.25, 0.3) is 99.9 Å². The number of fused-ring (bicyclic) bond motifs is 12. The predicted molar refractivity (Wildman–Crippen MR) is 256 cm³/mol. The lowest BCUT2D eigenvalue weighted by Gasteiger charge is -2.24. The number of pyridine rings is 2. The molecule has 0 amide bonds. The van der Waals surface area contributed by atoms with Gasteiger partial charge in [0.25, 0.3) is 0 Å². The van der Waals surface area contributed by atoms with Crippen LogP contribution in [0.5, 0.6) is 0 Å². The van der Waals surface area contributed by atoms with Crippen LogP contribution in [0.15, 0.2) is 183 Å². The predicted octanol–water partition coefficient (Wildman–Crippen LogP) is 14.6. The van der Waals surface area contributed by atoms with E-state index in [-0.39, 0.29) is 10.8 Å². The van der Waals surface area contributed by atoms with E-state index in [1.54, 1.807) is 0 Å². The van der Waals surface area contributed by atoms with Gasteiger partial charge in [-0.15, -0.1) is 0 Å². The van der Waals surface area contributed by atoms with Crippen molar-refractivity contribution in [2.24, 2.45) is 0 Å². The summed E-state index contributed by atoms with van der Waals surface area (Å²) in [7, 11) is 0. The molecule has 0 bridgehead atoms. The third kappa shape index (κ3) is 4.89. The molecule has 2 aliphatic rings. The molecule has 13 rings (SSSR count). The normalized spacial score (nSPS) is 14.4. The molecule has 4 nitrogen and oxygen atoms in total. The molecule has 0 saturated heterocycles. The van der Waals surface area contributed by atoms with Gasteiger partial charge in [-0.1, -0.05) is 137 Å². The Morgan fingerprint density at radius 1 is 0.355 bits per heavy atom. The summed E-state index contributed by atoms with van der Waals surface area (Å²) in [6.45, 7) is 9.70. The Morgan fingerprint density at radius 3 is 1.11 bits per heavy atom. The summed E-state index contributed by atoms with van der Waals surface area (Å²) in [5.41, 5.74) is 21.7. The second-order valence-corrected chi connectivity index (χ2v) is 18.3. The van der Waals surface area contributed by atoms with Crippen LogP contribution < -0.4 is 0 Å². The van der Waals surface area contributed by atoms with Gasteiger partial charge in [0.15, 0.2) is 0 Å². The first-order valence-corrected chi connectivity index (χ1v) is 21.6. The van der Waals surface area contributed by atoms with E-state index in [0.717, 1.165) is 33.8 Å². The van der Waals surface area contributed by atoms with Crippen LogP contribution in [-0.4, -0.2) is 18.8 Å². The van der Waals surface area contributed by atoms with Gasteiger partial charge in [-0.05, 0) is 137 Å². The summed E-state index contributed by atoms with van der Waals surface area (Å²) in [6.07, 6.45) is 8.32. The van der Waals surface area contributed by atoms with Crippen LogP contribution >= 0.6 is 0 Å². The van der Waals surface area contributed by atoms with E-state index in [1.165, 1.54) is 88.3 Å². The van der Waals surface area contributed by atoms with E-state index in [4.69, 9.17) is 9.97 Å². The van der Waals surface area contributed by atoms with Gasteiger partial charge in [0, 0.05) is 46.7 Å². The maximum absolute atomic E-state index is 4.89. The monoisotopic (exact) mass is 794 g/mol. The van der Waals surface area contributed by atoms with Gasteiger partial charge in [0.1, 0.15) is 11.3 Å². The van der Waals surface area contributed by atoms with Gasteiger partial charge in [0.05, 0.1) is 11.4 Å². The van der Waals surface area contributed by atoms with Crippen molar-refractivity contribution in [3.8, 4) is 67.0 Å². The van der Waals surface area contributed by atoms with Crippen molar-refractivity contribution < 1.29 is 0 Å². The largest absolute Gasteiger partial charge is 0.306 e. The van der Waals surface area contributed by atoms with Crippen molar-refractivity contribution in [3.63, 3.8) is 0 Å². The van der Waals surface area contributed by atoms with Crippen LogP contribution in [0.2, 0.25) is 0 Å². The Labute approximate surface area is 360 Å². The summed E-state index contributed by atoms with van der Waals surface area (Å²) < 4.78 is 4.16. The molecule has 0 spiro atoms. The number of hydrogen-bond donors (Lipinski definition) is 0. The zero-order valence-electron chi connectivity index (χ0n) is 35.1. The Hall–Kier alpha value is -7.56. The fourth-order valence-corrected chi connectivity index (χ4v) is 10.9. The minimum atomic E-state index is -0.208. The summed E-state index contributed by atoms with van der Waals surface area (Å²) >= 11 is 0. The van der Waals surface area contributed by atoms with E-state index in [1.807, 2.05) is 36.4 Å². The molecule has 0 fully saturated rings. The number of aromatic nitrogens is 4. The molecule has 0 aliphatic heterocycles. The minimum Gasteiger partial charge on any atom is -0.306 e. The molecular formula is C58H42N4. The van der Waals surface area contributed by atoms with Crippen molar-refractivity contribution >= 4 is 32.8 Å². The van der Waals surface area contributed by atoms with E-state index in [2.05, 4.69) is 183 Å². The summed E-state index contributed by atoms with van der Waals surface area (Å²) in [5.74, 6) is 0. The molecule has 294 valence electrons. The second-order valence-electron chi connectivity index (χ2n) is 18.3. The summed E-state index contributed by atoms with van der Waals surface area (Å²) in [6, 6.07) is 58.3. The second kappa shape index (κ2) is 12.5. The lowest BCUT2D eigenvalue weighted by molar-refractivity contribution is 0.652. The average Bonchev–Trinajstić information content (AvgIpc) is 4.05. The molecule has 0 N–H and O–H groups in total. The summed E-state index contributed by atoms with van der Waals surface area (Å²) in [5, 5.41) is 5.18. The number of imidazole rings is 2. The molecule has 0 radical (unpaired) electrons. The van der Waals surface area contributed by atoms with E-state index in [9.17, 15) is 0 Å². The molecule has 7 aromatic carbocycles. The first-order valence-electron chi connectivity index (χ1n) is 21.6. The smallest absolute Gasteiger partial charge is 0.137 e. The fourth-order valence-electron chi connectivity index (χ4n) is 10.9. The molecule has 4 heteroatoms. The highest BCUT2D eigenvalue weighted by Gasteiger charge is 2.43. The Morgan fingerprint density at radius 2 is 0.710 bits per heavy atom. The van der Waals surface area contributed by atoms with Crippen LogP contribution in [0.1, 0.15) is 49.9 Å². The Kier molecular flexibility index (Phi) is 7.10. The third-order valence-electron chi connectivity index (χ3n) is 14.2. The SMILES string of the molecule is CC1(C)c2cc3c(cc2-c2c1cc(-c1ccc(-c4cn5ccccc5n4)cc1)c1ccccc21)C(C)(C)c1cc(-c2ccc(-c4cn5ccccc5n4)cc2)c2ccccc2c1-3. The van der Waals surface area contributed by atoms with Crippen molar-refractivity contribution in [3.05, 3.63) is 205 Å². The topological polar surface area (TPSA) is 34.6 Å². The van der Waals surface area contributed by atoms with Crippen molar-refractivity contribution in [1.29, 1.82) is 0 Å². The zero-order valence-corrected chi connectivity index (χ0v) is 35.1. The van der Waals surface area contributed by atoms with Crippen LogP contribution in [0, 0.1) is 0 Å². The molecule has 4 aromatic heterocycles. The number of hydrogen-bond acceptors (Lipinski definition) is 2. The molecule has 62 heavy (non-hydrogen) atoms. The number of rotatable bonds is 4. The summed E-state index contributed by atoms with van der Waals surface area (Å²) in [4.78, 5) is 9.78. The van der Waals surface area contributed by atoms with Crippen molar-refractivity contribution in [1.82, 2.24) is 18.8 Å². The highest BCUT2D eigenvalue weighted by molar-refractivity contribution is 6.12.